The summed E-state index contributed by atoms with van der Waals surface area (Å²) in [6.45, 7) is 6.00. The predicted octanol–water partition coefficient (Wildman–Crippen LogP) is 4.66. The van der Waals surface area contributed by atoms with Gasteiger partial charge in [0.05, 0.1) is 52.4 Å². The molecule has 3 unspecified atom stereocenters. The quantitative estimate of drug-likeness (QED) is 0.137. The Hall–Kier alpha value is -4.82. The van der Waals surface area contributed by atoms with Gasteiger partial charge >= 0.3 is 17.9 Å². The van der Waals surface area contributed by atoms with Crippen molar-refractivity contribution in [3.8, 4) is 5.75 Å². The first-order valence-corrected chi connectivity index (χ1v) is 20.8. The lowest BCUT2D eigenvalue weighted by Gasteiger charge is -2.63. The second-order valence-corrected chi connectivity index (χ2v) is 17.9. The average molecular weight is 805 g/mol. The molecule has 1 N–H and O–H groups in total. The van der Waals surface area contributed by atoms with Gasteiger partial charge in [0.2, 0.25) is 0 Å². The van der Waals surface area contributed by atoms with Crippen LogP contribution < -0.4 is 9.64 Å². The molecule has 13 heteroatoms. The molecule has 3 fully saturated rings. The van der Waals surface area contributed by atoms with Crippen LogP contribution in [0.1, 0.15) is 62.6 Å². The number of carbonyl (C=O) groups excluding carboxylic acids is 3. The van der Waals surface area contributed by atoms with Crippen molar-refractivity contribution in [1.29, 1.82) is 0 Å². The maximum absolute atomic E-state index is 15.3. The van der Waals surface area contributed by atoms with Gasteiger partial charge in [-0.25, -0.2) is 4.79 Å². The van der Waals surface area contributed by atoms with Crippen LogP contribution in [-0.2, 0) is 44.8 Å². The second kappa shape index (κ2) is 12.4. The first-order chi connectivity index (χ1) is 28.3. The minimum absolute atomic E-state index is 0.129. The number of rotatable bonds is 7. The van der Waals surface area contributed by atoms with E-state index in [4.69, 9.17) is 23.9 Å². The molecular weight excluding hydrogens is 753 g/mol. The summed E-state index contributed by atoms with van der Waals surface area (Å²) < 4.78 is 22.7. The van der Waals surface area contributed by atoms with Crippen LogP contribution in [0.5, 0.6) is 5.75 Å². The van der Waals surface area contributed by atoms with Crippen molar-refractivity contribution in [3.05, 3.63) is 93.4 Å². The zero-order valence-corrected chi connectivity index (χ0v) is 34.8. The van der Waals surface area contributed by atoms with Gasteiger partial charge in [-0.1, -0.05) is 44.2 Å². The Morgan fingerprint density at radius 2 is 1.75 bits per heavy atom. The minimum atomic E-state index is -2.36. The third-order valence-electron chi connectivity index (χ3n) is 16.1. The summed E-state index contributed by atoms with van der Waals surface area (Å²) >= 11 is 0. The molecule has 0 bridgehead atoms. The highest BCUT2D eigenvalue weighted by molar-refractivity contribution is 6.22. The standard InChI is InChI=1S/C46H52N4O9/c1-8-26-21-27-24-45(40(52)58-6,37-43(17-20-50(55,25-26)35(27)43)28-13-10-11-14-31(28)47-37)30-22-29-32(23-33(30)56-4)48(3)39-44(29)16-19-49-18-12-15-42(9-2,38(44)49)34(36(51)57-5)46(39,54)41(53)59-7/h10-15,21-23,34,38-39,54H,8-9,16-20,24-25H2,1-7H3/t34-,38+,39?,42+,43-,44-,45?,46-,50?/m1/s1. The summed E-state index contributed by atoms with van der Waals surface area (Å²) in [5.74, 6) is -3.02. The van der Waals surface area contributed by atoms with Gasteiger partial charge in [0.15, 0.2) is 5.60 Å². The number of hydrogen-bond donors (Lipinski definition) is 1. The smallest absolute Gasteiger partial charge is 0.341 e. The molecule has 2 aromatic carbocycles. The van der Waals surface area contributed by atoms with Crippen molar-refractivity contribution < 1.29 is 43.1 Å². The molecule has 6 heterocycles. The fraction of sp³-hybridized carbons (Fsp3) is 0.522. The molecule has 0 aromatic heterocycles. The SMILES string of the molecule is CCC1=CC2=C3[C@]4(CC[N+]3([O-])C1)C(=Nc1ccccc14)C(C(=O)OC)(c1cc3c(cc1OC)N(C)C1[C@]34CCN3CC=C[C@@](CC)([C@@H](C(=O)OC)[C@]1(O)C(=O)OC)[C@H]34)C2. The lowest BCUT2D eigenvalue weighted by Crippen LogP contribution is -2.80. The number of esters is 3. The fourth-order valence-corrected chi connectivity index (χ4v) is 14.2. The number of fused-ring (bicyclic) bond motifs is 2. The number of ether oxygens (including phenoxy) is 4. The first kappa shape index (κ1) is 38.4. The molecular formula is C46H52N4O9. The number of allylic oxidation sites excluding steroid dienone is 3. The number of methoxy groups -OCH3 is 4. The van der Waals surface area contributed by atoms with Gasteiger partial charge in [-0.15, -0.1) is 0 Å². The Labute approximate surface area is 344 Å². The molecule has 59 heavy (non-hydrogen) atoms. The average Bonchev–Trinajstić information content (AvgIpc) is 3.98. The summed E-state index contributed by atoms with van der Waals surface area (Å²) in [7, 11) is 7.32. The van der Waals surface area contributed by atoms with E-state index < -0.39 is 61.8 Å². The number of nitrogens with zero attached hydrogens (tertiary/aromatic N) is 4. The van der Waals surface area contributed by atoms with Gasteiger partial charge in [-0.3, -0.25) is 19.5 Å². The number of anilines is 1. The molecule has 2 aromatic rings. The van der Waals surface area contributed by atoms with Crippen LogP contribution in [0.2, 0.25) is 0 Å². The Bertz CT molecular complexity index is 2390. The van der Waals surface area contributed by atoms with Crippen molar-refractivity contribution in [2.45, 2.75) is 79.9 Å². The number of benzene rings is 2. The molecule has 2 saturated heterocycles. The summed E-state index contributed by atoms with van der Waals surface area (Å²) in [6.07, 6.45) is 8.44. The Balaban J connectivity index is 1.30. The van der Waals surface area contributed by atoms with E-state index >= 15 is 10.0 Å². The van der Waals surface area contributed by atoms with Crippen LogP contribution in [0, 0.1) is 16.5 Å². The predicted molar refractivity (Wildman–Crippen MR) is 218 cm³/mol. The lowest BCUT2D eigenvalue weighted by molar-refractivity contribution is -0.830. The van der Waals surface area contributed by atoms with Crippen LogP contribution in [-0.4, -0.2) is 118 Å². The van der Waals surface area contributed by atoms with Crippen molar-refractivity contribution in [1.82, 2.24) is 4.90 Å². The third-order valence-corrected chi connectivity index (χ3v) is 16.1. The molecule has 8 aliphatic rings. The highest BCUT2D eigenvalue weighted by atomic mass is 16.6. The highest BCUT2D eigenvalue weighted by Gasteiger charge is 2.81. The van der Waals surface area contributed by atoms with Gasteiger partial charge in [0, 0.05) is 66.2 Å². The van der Waals surface area contributed by atoms with E-state index in [9.17, 15) is 14.7 Å². The van der Waals surface area contributed by atoms with Gasteiger partial charge in [-0.05, 0) is 60.7 Å². The van der Waals surface area contributed by atoms with E-state index in [0.29, 0.717) is 74.6 Å². The van der Waals surface area contributed by atoms with Crippen LogP contribution in [0.15, 0.2) is 76.5 Å². The van der Waals surface area contributed by atoms with E-state index in [2.05, 4.69) is 17.9 Å². The molecule has 13 nitrogen and oxygen atoms in total. The summed E-state index contributed by atoms with van der Waals surface area (Å²) in [5.41, 5.74) is 0.0230. The maximum atomic E-state index is 15.3. The maximum Gasteiger partial charge on any atom is 0.341 e. The van der Waals surface area contributed by atoms with E-state index in [0.717, 1.165) is 33.7 Å². The zero-order valence-electron chi connectivity index (χ0n) is 34.8. The van der Waals surface area contributed by atoms with Crippen molar-refractivity contribution >= 4 is 35.0 Å². The largest absolute Gasteiger partial charge is 0.627 e. The Kier molecular flexibility index (Phi) is 8.05. The number of likely N-dealkylation sites (N-methyl/N-ethyl adjacent to an activating group) is 1. The van der Waals surface area contributed by atoms with Gasteiger partial charge < -0.3 is 38.8 Å². The minimum Gasteiger partial charge on any atom is -0.627 e. The Morgan fingerprint density at radius 1 is 0.983 bits per heavy atom. The highest BCUT2D eigenvalue weighted by Crippen LogP contribution is 2.70. The van der Waals surface area contributed by atoms with Crippen LogP contribution in [0.25, 0.3) is 0 Å². The topological polar surface area (TPSA) is 150 Å². The summed E-state index contributed by atoms with van der Waals surface area (Å²) in [5, 5.41) is 28.5. The molecule has 0 amide bonds. The number of quaternary nitrogens is 1. The van der Waals surface area contributed by atoms with Crippen molar-refractivity contribution in [3.63, 3.8) is 0 Å². The molecule has 310 valence electrons. The van der Waals surface area contributed by atoms with E-state index in [-0.39, 0.29) is 12.5 Å². The summed E-state index contributed by atoms with van der Waals surface area (Å²) in [6, 6.07) is 10.5. The molecule has 1 saturated carbocycles. The molecule has 9 atom stereocenters. The third kappa shape index (κ3) is 4.15. The number of hydrogen-bond acceptors (Lipinski definition) is 12. The molecule has 0 radical (unpaired) electrons. The van der Waals surface area contributed by atoms with Crippen LogP contribution in [0.3, 0.4) is 0 Å². The monoisotopic (exact) mass is 804 g/mol. The van der Waals surface area contributed by atoms with Gasteiger partial charge in [-0.2, -0.15) is 0 Å². The second-order valence-electron chi connectivity index (χ2n) is 17.9. The molecule has 10 rings (SSSR count). The number of para-hydroxylation sites is 1. The lowest BCUT2D eigenvalue weighted by atomic mass is 9.44. The first-order valence-electron chi connectivity index (χ1n) is 20.8. The molecule has 6 aliphatic heterocycles. The summed E-state index contributed by atoms with van der Waals surface area (Å²) in [4.78, 5) is 53.5. The number of carbonyl (C=O) groups is 3. The number of hydroxylamine groups is 3. The Morgan fingerprint density at radius 3 is 2.44 bits per heavy atom. The van der Waals surface area contributed by atoms with Gasteiger partial charge in [0.1, 0.15) is 34.7 Å². The van der Waals surface area contributed by atoms with Crippen molar-refractivity contribution in [2.75, 3.05) is 66.6 Å². The zero-order chi connectivity index (χ0) is 41.7. The van der Waals surface area contributed by atoms with E-state index in [1.165, 1.54) is 21.3 Å². The van der Waals surface area contributed by atoms with Crippen LogP contribution >= 0.6 is 0 Å². The molecule has 2 spiro atoms. The van der Waals surface area contributed by atoms with E-state index in [1.807, 2.05) is 67.4 Å². The molecule has 2 aliphatic carbocycles. The van der Waals surface area contributed by atoms with E-state index in [1.54, 1.807) is 7.11 Å². The fourth-order valence-electron chi connectivity index (χ4n) is 14.2. The van der Waals surface area contributed by atoms with Gasteiger partial charge in [0.25, 0.3) is 0 Å². The van der Waals surface area contributed by atoms with Crippen LogP contribution in [0.4, 0.5) is 11.4 Å². The van der Waals surface area contributed by atoms with Crippen molar-refractivity contribution in [2.24, 2.45) is 16.3 Å². The number of aliphatic hydroxyl groups is 1. The normalized spacial score (nSPS) is 38.0. The number of aliphatic imine (C=N–C) groups is 1.